The Kier molecular flexibility index (Phi) is 4.33. The molecule has 2 atom stereocenters. The van der Waals surface area contributed by atoms with Gasteiger partial charge in [-0.05, 0) is 39.2 Å². The average Bonchev–Trinajstić information content (AvgIpc) is 2.46. The van der Waals surface area contributed by atoms with Crippen molar-refractivity contribution in [2.24, 2.45) is 0 Å². The van der Waals surface area contributed by atoms with Crippen LogP contribution in [0, 0.1) is 0 Å². The summed E-state index contributed by atoms with van der Waals surface area (Å²) in [6.07, 6.45) is 8.46. The van der Waals surface area contributed by atoms with Gasteiger partial charge in [-0.25, -0.2) is 0 Å². The van der Waals surface area contributed by atoms with Crippen molar-refractivity contribution in [3.63, 3.8) is 0 Å². The molecule has 0 amide bonds. The Morgan fingerprint density at radius 2 is 2.33 bits per heavy atom. The van der Waals surface area contributed by atoms with Crippen molar-refractivity contribution in [3.05, 3.63) is 12.2 Å². The van der Waals surface area contributed by atoms with Crippen LogP contribution in [-0.2, 0) is 0 Å². The lowest BCUT2D eigenvalue weighted by molar-refractivity contribution is 0.150. The van der Waals surface area contributed by atoms with E-state index in [1.54, 1.807) is 0 Å². The maximum absolute atomic E-state index is 9.46. The highest BCUT2D eigenvalue weighted by Gasteiger charge is 2.23. The lowest BCUT2D eigenvalue weighted by Crippen LogP contribution is -2.35. The zero-order valence-corrected chi connectivity index (χ0v) is 7.79. The van der Waals surface area contributed by atoms with Crippen LogP contribution in [0.4, 0.5) is 0 Å². The molecule has 2 nitrogen and oxygen atoms in total. The van der Waals surface area contributed by atoms with E-state index in [2.05, 4.69) is 17.5 Å². The Morgan fingerprint density at radius 1 is 1.50 bits per heavy atom. The van der Waals surface area contributed by atoms with Crippen molar-refractivity contribution in [3.8, 4) is 0 Å². The molecule has 0 aromatic rings. The summed E-state index contributed by atoms with van der Waals surface area (Å²) in [4.78, 5) is 0. The largest absolute Gasteiger partial charge is 0.392 e. The second-order valence-corrected chi connectivity index (χ2v) is 3.42. The van der Waals surface area contributed by atoms with Gasteiger partial charge in [-0.15, -0.1) is 0 Å². The van der Waals surface area contributed by atoms with Crippen LogP contribution in [0.25, 0.3) is 0 Å². The number of allylic oxidation sites excluding steroid dienone is 1. The molecular weight excluding hydrogens is 150 g/mol. The van der Waals surface area contributed by atoms with E-state index in [4.69, 9.17) is 0 Å². The van der Waals surface area contributed by atoms with Gasteiger partial charge in [-0.3, -0.25) is 0 Å². The number of hydrogen-bond donors (Lipinski definition) is 2. The van der Waals surface area contributed by atoms with E-state index in [9.17, 15) is 5.11 Å². The van der Waals surface area contributed by atoms with E-state index in [1.165, 1.54) is 6.42 Å². The number of aliphatic hydroxyl groups is 1. The number of aliphatic hydroxyl groups excluding tert-OH is 1. The lowest BCUT2D eigenvalue weighted by Gasteiger charge is -2.15. The van der Waals surface area contributed by atoms with Crippen molar-refractivity contribution in [1.82, 2.24) is 5.32 Å². The third-order valence-corrected chi connectivity index (χ3v) is 2.43. The average molecular weight is 169 g/mol. The van der Waals surface area contributed by atoms with Crippen molar-refractivity contribution in [1.29, 1.82) is 0 Å². The first-order valence-corrected chi connectivity index (χ1v) is 4.87. The fourth-order valence-corrected chi connectivity index (χ4v) is 1.70. The van der Waals surface area contributed by atoms with Crippen molar-refractivity contribution in [2.75, 3.05) is 6.54 Å². The van der Waals surface area contributed by atoms with Gasteiger partial charge in [0.05, 0.1) is 6.10 Å². The maximum Gasteiger partial charge on any atom is 0.0693 e. The van der Waals surface area contributed by atoms with Gasteiger partial charge in [0, 0.05) is 6.04 Å². The first-order chi connectivity index (χ1) is 5.84. The van der Waals surface area contributed by atoms with Crippen molar-refractivity contribution < 1.29 is 5.11 Å². The van der Waals surface area contributed by atoms with Gasteiger partial charge in [0.1, 0.15) is 0 Å². The van der Waals surface area contributed by atoms with Crippen LogP contribution in [0.1, 0.15) is 32.6 Å². The summed E-state index contributed by atoms with van der Waals surface area (Å²) >= 11 is 0. The molecule has 0 heterocycles. The zero-order valence-electron chi connectivity index (χ0n) is 7.79. The van der Waals surface area contributed by atoms with Crippen LogP contribution >= 0.6 is 0 Å². The summed E-state index contributed by atoms with van der Waals surface area (Å²) < 4.78 is 0. The molecule has 0 aromatic heterocycles. The van der Waals surface area contributed by atoms with Gasteiger partial charge < -0.3 is 10.4 Å². The Hall–Kier alpha value is -0.340. The molecule has 0 aromatic carbocycles. The molecule has 1 saturated carbocycles. The van der Waals surface area contributed by atoms with Crippen LogP contribution in [0.5, 0.6) is 0 Å². The van der Waals surface area contributed by atoms with Crippen LogP contribution in [0.2, 0.25) is 0 Å². The molecule has 1 aliphatic carbocycles. The molecule has 2 heteroatoms. The van der Waals surface area contributed by atoms with Crippen molar-refractivity contribution >= 4 is 0 Å². The number of rotatable bonds is 4. The lowest BCUT2D eigenvalue weighted by atomic mass is 10.2. The highest BCUT2D eigenvalue weighted by Crippen LogP contribution is 2.18. The summed E-state index contributed by atoms with van der Waals surface area (Å²) in [5.41, 5.74) is 0. The molecule has 0 radical (unpaired) electrons. The molecule has 0 spiro atoms. The first kappa shape index (κ1) is 9.75. The smallest absolute Gasteiger partial charge is 0.0693 e. The number of nitrogens with one attached hydrogen (secondary N) is 1. The minimum atomic E-state index is -0.101. The normalized spacial score (nSPS) is 30.2. The molecule has 0 aliphatic heterocycles. The summed E-state index contributed by atoms with van der Waals surface area (Å²) in [7, 11) is 0. The molecule has 0 saturated heterocycles. The molecule has 1 fully saturated rings. The molecule has 1 aliphatic rings. The van der Waals surface area contributed by atoms with E-state index in [-0.39, 0.29) is 6.10 Å². The van der Waals surface area contributed by atoms with Crippen LogP contribution in [-0.4, -0.2) is 23.8 Å². The molecule has 2 N–H and O–H groups in total. The van der Waals surface area contributed by atoms with E-state index < -0.39 is 0 Å². The van der Waals surface area contributed by atoms with Crippen LogP contribution < -0.4 is 5.32 Å². The van der Waals surface area contributed by atoms with E-state index >= 15 is 0 Å². The zero-order chi connectivity index (χ0) is 8.81. The van der Waals surface area contributed by atoms with Gasteiger partial charge in [0.15, 0.2) is 0 Å². The molecule has 0 bridgehead atoms. The maximum atomic E-state index is 9.46. The Morgan fingerprint density at radius 3 is 2.92 bits per heavy atom. The second-order valence-electron chi connectivity index (χ2n) is 3.42. The second kappa shape index (κ2) is 5.33. The molecule has 70 valence electrons. The quantitative estimate of drug-likeness (QED) is 0.493. The predicted molar refractivity (Wildman–Crippen MR) is 51.1 cm³/mol. The van der Waals surface area contributed by atoms with E-state index in [1.807, 2.05) is 6.92 Å². The fraction of sp³-hybridized carbons (Fsp3) is 0.800. The van der Waals surface area contributed by atoms with E-state index in [0.29, 0.717) is 6.04 Å². The molecular formula is C10H19NO. The number of hydrogen-bond acceptors (Lipinski definition) is 2. The third kappa shape index (κ3) is 2.95. The Bertz CT molecular complexity index is 145. The summed E-state index contributed by atoms with van der Waals surface area (Å²) in [6, 6.07) is 0.357. The monoisotopic (exact) mass is 169 g/mol. The van der Waals surface area contributed by atoms with Crippen LogP contribution in [0.3, 0.4) is 0 Å². The topological polar surface area (TPSA) is 32.3 Å². The summed E-state index contributed by atoms with van der Waals surface area (Å²) in [5, 5.41) is 12.8. The summed E-state index contributed by atoms with van der Waals surface area (Å²) in [6.45, 7) is 3.02. The Labute approximate surface area is 74.7 Å². The van der Waals surface area contributed by atoms with Gasteiger partial charge in [-0.2, -0.15) is 0 Å². The summed E-state index contributed by atoms with van der Waals surface area (Å²) in [5.74, 6) is 0. The first-order valence-electron chi connectivity index (χ1n) is 4.87. The van der Waals surface area contributed by atoms with Crippen LogP contribution in [0.15, 0.2) is 12.2 Å². The van der Waals surface area contributed by atoms with Gasteiger partial charge >= 0.3 is 0 Å². The van der Waals surface area contributed by atoms with Gasteiger partial charge in [0.25, 0.3) is 0 Å². The standard InChI is InChI=1S/C10H19NO/c1-2-3-4-8-11-9-6-5-7-10(9)12/h2-3,9-12H,4-8H2,1H3/b3-2+/t9-,10-/m1/s1. The molecule has 1 rings (SSSR count). The van der Waals surface area contributed by atoms with Gasteiger partial charge in [0.2, 0.25) is 0 Å². The fourth-order valence-electron chi connectivity index (χ4n) is 1.70. The molecule has 12 heavy (non-hydrogen) atoms. The predicted octanol–water partition coefficient (Wildman–Crippen LogP) is 1.46. The molecule has 0 unspecified atom stereocenters. The Balaban J connectivity index is 2.06. The van der Waals surface area contributed by atoms with E-state index in [0.717, 1.165) is 25.8 Å². The highest BCUT2D eigenvalue weighted by atomic mass is 16.3. The minimum Gasteiger partial charge on any atom is -0.392 e. The third-order valence-electron chi connectivity index (χ3n) is 2.43. The van der Waals surface area contributed by atoms with Crippen molar-refractivity contribution in [2.45, 2.75) is 44.8 Å². The highest BCUT2D eigenvalue weighted by molar-refractivity contribution is 4.84. The SMILES string of the molecule is C/C=C/CCN[C@@H]1CCC[C@H]1O. The van der Waals surface area contributed by atoms with Gasteiger partial charge in [-0.1, -0.05) is 12.2 Å². The minimum absolute atomic E-state index is 0.101.